The van der Waals surface area contributed by atoms with Gasteiger partial charge in [-0.1, -0.05) is 30.0 Å². The van der Waals surface area contributed by atoms with Crippen LogP contribution in [0.3, 0.4) is 0 Å². The number of hydrogen-bond acceptors (Lipinski definition) is 6. The van der Waals surface area contributed by atoms with E-state index in [9.17, 15) is 8.42 Å². The molecule has 1 aromatic heterocycles. The number of hydrogen-bond donors (Lipinski definition) is 1. The Morgan fingerprint density at radius 1 is 1.38 bits per heavy atom. The third kappa shape index (κ3) is 7.02. The summed E-state index contributed by atoms with van der Waals surface area (Å²) in [6, 6.07) is 3.88. The summed E-state index contributed by atoms with van der Waals surface area (Å²) in [7, 11) is -3.14. The number of ether oxygens (including phenoxy) is 1. The van der Waals surface area contributed by atoms with E-state index in [0.717, 1.165) is 22.1 Å². The number of pyridine rings is 1. The summed E-state index contributed by atoms with van der Waals surface area (Å²) in [4.78, 5) is 4.05. The molecule has 0 unspecified atom stereocenters. The molecule has 1 saturated heterocycles. The van der Waals surface area contributed by atoms with E-state index in [0.29, 0.717) is 39.3 Å². The highest BCUT2D eigenvalue weighted by Gasteiger charge is 2.23. The Morgan fingerprint density at radius 2 is 2.17 bits per heavy atom. The van der Waals surface area contributed by atoms with Crippen LogP contribution in [0.25, 0.3) is 0 Å². The molecule has 0 aliphatic carbocycles. The van der Waals surface area contributed by atoms with Crippen molar-refractivity contribution in [3.05, 3.63) is 30.1 Å². The predicted octanol–water partition coefficient (Wildman–Crippen LogP) is 1.63. The molecule has 6 nitrogen and oxygen atoms in total. The Balaban J connectivity index is 1.56. The molecule has 0 spiro atoms. The maximum absolute atomic E-state index is 12.2. The lowest BCUT2D eigenvalue weighted by atomic mass is 10.3. The minimum Gasteiger partial charge on any atom is -0.379 e. The molecule has 0 aromatic carbocycles. The van der Waals surface area contributed by atoms with Gasteiger partial charge in [0, 0.05) is 37.8 Å². The fourth-order valence-electron chi connectivity index (χ4n) is 2.23. The van der Waals surface area contributed by atoms with Crippen LogP contribution < -0.4 is 5.32 Å². The second-order valence-electron chi connectivity index (χ2n) is 5.39. The van der Waals surface area contributed by atoms with E-state index >= 15 is 0 Å². The van der Waals surface area contributed by atoms with Crippen molar-refractivity contribution in [1.29, 1.82) is 0 Å². The van der Waals surface area contributed by atoms with Crippen molar-refractivity contribution in [3.8, 4) is 0 Å². The molecular formula is C15H23N3O3S3. The van der Waals surface area contributed by atoms with Crippen LogP contribution >= 0.6 is 24.0 Å². The smallest absolute Gasteiger partial charge is 0.214 e. The summed E-state index contributed by atoms with van der Waals surface area (Å²) in [5.74, 6) is 1.01. The fraction of sp³-hybridized carbons (Fsp3) is 0.600. The van der Waals surface area contributed by atoms with Crippen LogP contribution in [-0.2, 0) is 21.3 Å². The van der Waals surface area contributed by atoms with Crippen molar-refractivity contribution in [2.75, 3.05) is 37.8 Å². The maximum Gasteiger partial charge on any atom is 0.214 e. The number of thiocarbonyl (C=S) groups is 1. The standard InChI is InChI=1S/C15H23N3O3S3/c19-24(20,18-6-8-21-9-7-18)11-2-1-10-23-15(22)17-13-14-4-3-5-16-12-14/h3-5,12H,1-2,6-11,13H2,(H,17,22). The molecule has 1 fully saturated rings. The molecular weight excluding hydrogens is 366 g/mol. The number of nitrogens with one attached hydrogen (secondary N) is 1. The van der Waals surface area contributed by atoms with E-state index in [1.54, 1.807) is 24.2 Å². The molecule has 134 valence electrons. The summed E-state index contributed by atoms with van der Waals surface area (Å²) in [6.45, 7) is 2.59. The molecule has 0 atom stereocenters. The average Bonchev–Trinajstić information content (AvgIpc) is 2.61. The number of thioether (sulfide) groups is 1. The molecule has 24 heavy (non-hydrogen) atoms. The van der Waals surface area contributed by atoms with Crippen LogP contribution in [0.15, 0.2) is 24.5 Å². The molecule has 0 radical (unpaired) electrons. The Morgan fingerprint density at radius 3 is 2.88 bits per heavy atom. The molecule has 2 rings (SSSR count). The number of sulfonamides is 1. The summed E-state index contributed by atoms with van der Waals surface area (Å²) in [5.41, 5.74) is 1.08. The number of aromatic nitrogens is 1. The molecule has 0 amide bonds. The third-order valence-electron chi connectivity index (χ3n) is 3.55. The number of nitrogens with zero attached hydrogens (tertiary/aromatic N) is 2. The van der Waals surface area contributed by atoms with Crippen molar-refractivity contribution in [1.82, 2.24) is 14.6 Å². The van der Waals surface area contributed by atoms with Gasteiger partial charge in [-0.05, 0) is 24.5 Å². The molecule has 9 heteroatoms. The molecule has 1 aliphatic heterocycles. The fourth-order valence-corrected chi connectivity index (χ4v) is 4.80. The van der Waals surface area contributed by atoms with Gasteiger partial charge >= 0.3 is 0 Å². The van der Waals surface area contributed by atoms with E-state index in [-0.39, 0.29) is 5.75 Å². The Labute approximate surface area is 153 Å². The van der Waals surface area contributed by atoms with E-state index in [1.165, 1.54) is 4.31 Å². The van der Waals surface area contributed by atoms with Gasteiger partial charge in [0.25, 0.3) is 0 Å². The van der Waals surface area contributed by atoms with Gasteiger partial charge in [0.05, 0.1) is 19.0 Å². The highest BCUT2D eigenvalue weighted by atomic mass is 32.2. The summed E-state index contributed by atoms with van der Waals surface area (Å²) >= 11 is 6.82. The third-order valence-corrected chi connectivity index (χ3v) is 6.91. The van der Waals surface area contributed by atoms with Crippen LogP contribution in [0.1, 0.15) is 18.4 Å². The predicted molar refractivity (Wildman–Crippen MR) is 102 cm³/mol. The summed E-state index contributed by atoms with van der Waals surface area (Å²) in [6.07, 6.45) is 5.01. The van der Waals surface area contributed by atoms with Gasteiger partial charge in [-0.25, -0.2) is 8.42 Å². The first kappa shape index (κ1) is 19.6. The van der Waals surface area contributed by atoms with Crippen molar-refractivity contribution in [2.24, 2.45) is 0 Å². The first-order valence-electron chi connectivity index (χ1n) is 7.93. The Kier molecular flexibility index (Phi) is 8.40. The minimum absolute atomic E-state index is 0.198. The van der Waals surface area contributed by atoms with Gasteiger partial charge in [0.2, 0.25) is 10.0 Å². The van der Waals surface area contributed by atoms with E-state index in [1.807, 2.05) is 12.1 Å². The van der Waals surface area contributed by atoms with Crippen molar-refractivity contribution in [3.63, 3.8) is 0 Å². The molecule has 0 bridgehead atoms. The number of morpholine rings is 1. The highest BCUT2D eigenvalue weighted by molar-refractivity contribution is 8.22. The molecule has 1 aliphatic rings. The molecule has 1 N–H and O–H groups in total. The topological polar surface area (TPSA) is 71.5 Å². The minimum atomic E-state index is -3.14. The summed E-state index contributed by atoms with van der Waals surface area (Å²) < 4.78 is 31.8. The lowest BCUT2D eigenvalue weighted by Gasteiger charge is -2.25. The van der Waals surface area contributed by atoms with Crippen molar-refractivity contribution in [2.45, 2.75) is 19.4 Å². The van der Waals surface area contributed by atoms with Gasteiger partial charge in [-0.2, -0.15) is 4.31 Å². The van der Waals surface area contributed by atoms with Gasteiger partial charge in [0.15, 0.2) is 0 Å². The normalized spacial score (nSPS) is 16.0. The zero-order valence-electron chi connectivity index (χ0n) is 13.5. The quantitative estimate of drug-likeness (QED) is 0.535. The van der Waals surface area contributed by atoms with Crippen LogP contribution in [0.2, 0.25) is 0 Å². The van der Waals surface area contributed by atoms with Gasteiger partial charge < -0.3 is 10.1 Å². The highest BCUT2D eigenvalue weighted by Crippen LogP contribution is 2.11. The van der Waals surface area contributed by atoms with Crippen molar-refractivity contribution >= 4 is 38.3 Å². The monoisotopic (exact) mass is 389 g/mol. The van der Waals surface area contributed by atoms with Crippen LogP contribution in [-0.4, -0.2) is 59.8 Å². The second kappa shape index (κ2) is 10.3. The first-order valence-corrected chi connectivity index (χ1v) is 10.9. The zero-order valence-corrected chi connectivity index (χ0v) is 16.0. The average molecular weight is 390 g/mol. The zero-order chi connectivity index (χ0) is 17.3. The van der Waals surface area contributed by atoms with Crippen LogP contribution in [0.4, 0.5) is 0 Å². The van der Waals surface area contributed by atoms with Crippen molar-refractivity contribution < 1.29 is 13.2 Å². The number of rotatable bonds is 8. The molecule has 1 aromatic rings. The summed E-state index contributed by atoms with van der Waals surface area (Å²) in [5, 5.41) is 3.17. The first-order chi connectivity index (χ1) is 11.6. The van der Waals surface area contributed by atoms with Gasteiger partial charge in [-0.3, -0.25) is 4.98 Å². The van der Waals surface area contributed by atoms with Gasteiger partial charge in [0.1, 0.15) is 4.32 Å². The lowest BCUT2D eigenvalue weighted by Crippen LogP contribution is -2.41. The van der Waals surface area contributed by atoms with E-state index < -0.39 is 10.0 Å². The van der Waals surface area contributed by atoms with E-state index in [2.05, 4.69) is 10.3 Å². The SMILES string of the molecule is O=S(=O)(CCCCSC(=S)NCc1cccnc1)N1CCOCC1. The van der Waals surface area contributed by atoms with Gasteiger partial charge in [-0.15, -0.1) is 0 Å². The maximum atomic E-state index is 12.2. The van der Waals surface area contributed by atoms with E-state index in [4.69, 9.17) is 17.0 Å². The Hall–Kier alpha value is -0.740. The second-order valence-corrected chi connectivity index (χ2v) is 9.25. The largest absolute Gasteiger partial charge is 0.379 e. The molecule has 2 heterocycles. The Bertz CT molecular complexity index is 605. The van der Waals surface area contributed by atoms with Crippen LogP contribution in [0, 0.1) is 0 Å². The lowest BCUT2D eigenvalue weighted by molar-refractivity contribution is 0.0730. The number of unbranched alkanes of at least 4 members (excludes halogenated alkanes) is 1. The van der Waals surface area contributed by atoms with Crippen LogP contribution in [0.5, 0.6) is 0 Å². The molecule has 0 saturated carbocycles.